The molecular weight excluding hydrogens is 258 g/mol. The quantitative estimate of drug-likeness (QED) is 0.897. The van der Waals surface area contributed by atoms with E-state index in [9.17, 15) is 5.11 Å². The molecule has 0 radical (unpaired) electrons. The van der Waals surface area contributed by atoms with Gasteiger partial charge in [-0.1, -0.05) is 41.9 Å². The van der Waals surface area contributed by atoms with Gasteiger partial charge in [-0.2, -0.15) is 0 Å². The van der Waals surface area contributed by atoms with Crippen molar-refractivity contribution in [2.45, 2.75) is 26.0 Å². The van der Waals surface area contributed by atoms with Gasteiger partial charge in [0.1, 0.15) is 0 Å². The first-order chi connectivity index (χ1) is 9.22. The van der Waals surface area contributed by atoms with Crippen molar-refractivity contribution in [3.05, 3.63) is 58.6 Å². The Bertz CT molecular complexity index is 611. The molecule has 2 nitrogen and oxygen atoms in total. The molecule has 0 aromatic heterocycles. The van der Waals surface area contributed by atoms with E-state index >= 15 is 0 Å². The van der Waals surface area contributed by atoms with Gasteiger partial charge in [0, 0.05) is 17.3 Å². The van der Waals surface area contributed by atoms with Crippen LogP contribution in [-0.2, 0) is 13.0 Å². The fourth-order valence-electron chi connectivity index (χ4n) is 2.86. The van der Waals surface area contributed by atoms with Gasteiger partial charge in [0.25, 0.3) is 0 Å². The summed E-state index contributed by atoms with van der Waals surface area (Å²) < 4.78 is 0. The maximum Gasteiger partial charge on any atom is 0.0702 e. The highest BCUT2D eigenvalue weighted by atomic mass is 35.5. The summed E-state index contributed by atoms with van der Waals surface area (Å²) >= 11 is 6.37. The van der Waals surface area contributed by atoms with Crippen LogP contribution in [0.25, 0.3) is 0 Å². The number of rotatable bonds is 2. The van der Waals surface area contributed by atoms with Crippen LogP contribution < -0.4 is 4.90 Å². The van der Waals surface area contributed by atoms with Crippen molar-refractivity contribution in [3.8, 4) is 0 Å². The van der Waals surface area contributed by atoms with Crippen molar-refractivity contribution >= 4 is 23.0 Å². The molecule has 1 heterocycles. The van der Waals surface area contributed by atoms with E-state index in [-0.39, 0.29) is 6.61 Å². The van der Waals surface area contributed by atoms with Gasteiger partial charge in [0.15, 0.2) is 0 Å². The SMILES string of the molecule is CC1Cc2ccccc2N1c1c(Cl)cccc1CO. The third-order valence-electron chi connectivity index (χ3n) is 3.69. The predicted octanol–water partition coefficient (Wildman–Crippen LogP) is 3.92. The number of para-hydroxylation sites is 2. The van der Waals surface area contributed by atoms with E-state index in [4.69, 9.17) is 11.6 Å². The molecule has 0 spiro atoms. The molecule has 0 bridgehead atoms. The zero-order valence-corrected chi connectivity index (χ0v) is 11.6. The van der Waals surface area contributed by atoms with Gasteiger partial charge < -0.3 is 10.0 Å². The minimum absolute atomic E-state index is 0.00127. The van der Waals surface area contributed by atoms with Crippen molar-refractivity contribution in [2.75, 3.05) is 4.90 Å². The number of anilines is 2. The molecule has 19 heavy (non-hydrogen) atoms. The van der Waals surface area contributed by atoms with Gasteiger partial charge >= 0.3 is 0 Å². The van der Waals surface area contributed by atoms with Crippen LogP contribution in [0.5, 0.6) is 0 Å². The Kier molecular flexibility index (Phi) is 3.21. The number of hydrogen-bond acceptors (Lipinski definition) is 2. The molecule has 1 N–H and O–H groups in total. The van der Waals surface area contributed by atoms with E-state index < -0.39 is 0 Å². The summed E-state index contributed by atoms with van der Waals surface area (Å²) in [6, 6.07) is 14.4. The average molecular weight is 274 g/mol. The van der Waals surface area contributed by atoms with Gasteiger partial charge in [-0.05, 0) is 31.0 Å². The molecule has 1 unspecified atom stereocenters. The molecule has 0 saturated heterocycles. The van der Waals surface area contributed by atoms with Crippen LogP contribution in [0.2, 0.25) is 5.02 Å². The number of aliphatic hydroxyl groups excluding tert-OH is 1. The first-order valence-electron chi connectivity index (χ1n) is 6.47. The zero-order valence-electron chi connectivity index (χ0n) is 10.8. The third-order valence-corrected chi connectivity index (χ3v) is 3.99. The van der Waals surface area contributed by atoms with Crippen molar-refractivity contribution in [1.82, 2.24) is 0 Å². The fourth-order valence-corrected chi connectivity index (χ4v) is 3.15. The number of benzene rings is 2. The molecule has 0 saturated carbocycles. The normalized spacial score (nSPS) is 17.6. The number of hydrogen-bond donors (Lipinski definition) is 1. The predicted molar refractivity (Wildman–Crippen MR) is 79.1 cm³/mol. The van der Waals surface area contributed by atoms with Crippen LogP contribution in [0.4, 0.5) is 11.4 Å². The fraction of sp³-hybridized carbons (Fsp3) is 0.250. The summed E-state index contributed by atoms with van der Waals surface area (Å²) in [6.45, 7) is 2.19. The topological polar surface area (TPSA) is 23.5 Å². The Labute approximate surface area is 118 Å². The average Bonchev–Trinajstić information content (AvgIpc) is 2.74. The van der Waals surface area contributed by atoms with E-state index in [1.807, 2.05) is 24.3 Å². The molecule has 0 fully saturated rings. The maximum atomic E-state index is 9.55. The molecule has 2 aromatic rings. The van der Waals surface area contributed by atoms with E-state index in [2.05, 4.69) is 30.0 Å². The van der Waals surface area contributed by atoms with Crippen LogP contribution in [0, 0.1) is 0 Å². The van der Waals surface area contributed by atoms with E-state index in [1.54, 1.807) is 0 Å². The Morgan fingerprint density at radius 2 is 2.00 bits per heavy atom. The minimum atomic E-state index is 0.00127. The van der Waals surface area contributed by atoms with E-state index in [0.717, 1.165) is 17.7 Å². The first-order valence-corrected chi connectivity index (χ1v) is 6.85. The Morgan fingerprint density at radius 1 is 1.21 bits per heavy atom. The summed E-state index contributed by atoms with van der Waals surface area (Å²) in [5.41, 5.74) is 4.33. The van der Waals surface area contributed by atoms with Crippen molar-refractivity contribution in [1.29, 1.82) is 0 Å². The number of fused-ring (bicyclic) bond motifs is 1. The maximum absolute atomic E-state index is 9.55. The summed E-state index contributed by atoms with van der Waals surface area (Å²) in [6.07, 6.45) is 1.01. The van der Waals surface area contributed by atoms with Gasteiger partial charge in [0.2, 0.25) is 0 Å². The lowest BCUT2D eigenvalue weighted by molar-refractivity contribution is 0.282. The lowest BCUT2D eigenvalue weighted by atomic mass is 10.1. The number of nitrogens with zero attached hydrogens (tertiary/aromatic N) is 1. The molecule has 98 valence electrons. The van der Waals surface area contributed by atoms with Crippen LogP contribution >= 0.6 is 11.6 Å². The van der Waals surface area contributed by atoms with Gasteiger partial charge in [-0.3, -0.25) is 0 Å². The molecule has 1 atom stereocenters. The Balaban J connectivity index is 2.18. The van der Waals surface area contributed by atoms with E-state index in [0.29, 0.717) is 11.1 Å². The molecule has 3 rings (SSSR count). The molecule has 0 amide bonds. The van der Waals surface area contributed by atoms with E-state index in [1.165, 1.54) is 11.3 Å². The Hall–Kier alpha value is -1.51. The van der Waals surface area contributed by atoms with Crippen molar-refractivity contribution < 1.29 is 5.11 Å². The molecule has 1 aliphatic rings. The number of halogens is 1. The lowest BCUT2D eigenvalue weighted by Crippen LogP contribution is -2.25. The van der Waals surface area contributed by atoms with Crippen molar-refractivity contribution in [2.24, 2.45) is 0 Å². The smallest absolute Gasteiger partial charge is 0.0702 e. The zero-order chi connectivity index (χ0) is 13.4. The monoisotopic (exact) mass is 273 g/mol. The van der Waals surface area contributed by atoms with Gasteiger partial charge in [-0.25, -0.2) is 0 Å². The van der Waals surface area contributed by atoms with Gasteiger partial charge in [0.05, 0.1) is 17.3 Å². The minimum Gasteiger partial charge on any atom is -0.392 e. The van der Waals surface area contributed by atoms with Crippen LogP contribution in [-0.4, -0.2) is 11.1 Å². The second-order valence-corrected chi connectivity index (χ2v) is 5.36. The highest BCUT2D eigenvalue weighted by Crippen LogP contribution is 2.42. The molecule has 0 aliphatic carbocycles. The largest absolute Gasteiger partial charge is 0.392 e. The lowest BCUT2D eigenvalue weighted by Gasteiger charge is -2.28. The van der Waals surface area contributed by atoms with Gasteiger partial charge in [-0.15, -0.1) is 0 Å². The standard InChI is InChI=1S/C16H16ClNO/c1-11-9-12-5-2-3-8-15(12)18(11)16-13(10-19)6-4-7-14(16)17/h2-8,11,19H,9-10H2,1H3. The second kappa shape index (κ2) is 4.87. The first kappa shape index (κ1) is 12.5. The Morgan fingerprint density at radius 3 is 2.79 bits per heavy atom. The number of aliphatic hydroxyl groups is 1. The molecular formula is C16H16ClNO. The van der Waals surface area contributed by atoms with Crippen LogP contribution in [0.1, 0.15) is 18.1 Å². The summed E-state index contributed by atoms with van der Waals surface area (Å²) in [4.78, 5) is 2.24. The second-order valence-electron chi connectivity index (χ2n) is 4.96. The summed E-state index contributed by atoms with van der Waals surface area (Å²) in [5, 5.41) is 10.2. The summed E-state index contributed by atoms with van der Waals surface area (Å²) in [7, 11) is 0. The highest BCUT2D eigenvalue weighted by Gasteiger charge is 2.29. The van der Waals surface area contributed by atoms with Crippen molar-refractivity contribution in [3.63, 3.8) is 0 Å². The molecule has 3 heteroatoms. The van der Waals surface area contributed by atoms with Crippen LogP contribution in [0.15, 0.2) is 42.5 Å². The molecule has 1 aliphatic heterocycles. The highest BCUT2D eigenvalue weighted by molar-refractivity contribution is 6.33. The van der Waals surface area contributed by atoms with Crippen LogP contribution in [0.3, 0.4) is 0 Å². The third kappa shape index (κ3) is 2.01. The summed E-state index contributed by atoms with van der Waals surface area (Å²) in [5.74, 6) is 0. The molecule has 2 aromatic carbocycles.